The lowest BCUT2D eigenvalue weighted by Gasteiger charge is -2.44. The first-order chi connectivity index (χ1) is 13.0. The van der Waals surface area contributed by atoms with E-state index in [0.29, 0.717) is 35.0 Å². The number of nitrogens with one attached hydrogen (secondary N) is 1. The summed E-state index contributed by atoms with van der Waals surface area (Å²) in [7, 11) is 1.72. The van der Waals surface area contributed by atoms with Crippen molar-refractivity contribution in [3.05, 3.63) is 17.3 Å². The van der Waals surface area contributed by atoms with E-state index in [1.807, 2.05) is 25.7 Å². The normalized spacial score (nSPS) is 14.6. The van der Waals surface area contributed by atoms with Crippen molar-refractivity contribution in [2.24, 2.45) is 0 Å². The van der Waals surface area contributed by atoms with Gasteiger partial charge in [-0.1, -0.05) is 11.6 Å². The molecule has 0 radical (unpaired) electrons. The second kappa shape index (κ2) is 7.38. The molecule has 28 heavy (non-hydrogen) atoms. The van der Waals surface area contributed by atoms with Gasteiger partial charge in [-0.2, -0.15) is 4.98 Å². The highest BCUT2D eigenvalue weighted by Gasteiger charge is 2.36. The van der Waals surface area contributed by atoms with Crippen LogP contribution < -0.4 is 10.2 Å². The van der Waals surface area contributed by atoms with Crippen molar-refractivity contribution < 1.29 is 14.3 Å². The van der Waals surface area contributed by atoms with Crippen LogP contribution in [0.2, 0.25) is 5.02 Å². The zero-order valence-corrected chi connectivity index (χ0v) is 17.2. The number of anilines is 2. The van der Waals surface area contributed by atoms with Gasteiger partial charge in [-0.25, -0.2) is 14.8 Å². The van der Waals surface area contributed by atoms with Crippen LogP contribution >= 0.6 is 11.6 Å². The van der Waals surface area contributed by atoms with Crippen LogP contribution in [0.4, 0.5) is 16.6 Å². The summed E-state index contributed by atoms with van der Waals surface area (Å²) in [6.45, 7) is 8.01. The van der Waals surface area contributed by atoms with Gasteiger partial charge in [0.2, 0.25) is 11.9 Å². The molecule has 9 nitrogen and oxygen atoms in total. The van der Waals surface area contributed by atoms with Crippen LogP contribution in [0.25, 0.3) is 11.0 Å². The maximum absolute atomic E-state index is 12.2. The molecule has 0 aliphatic carbocycles. The minimum absolute atomic E-state index is 0.0172. The number of pyridine rings is 1. The Labute approximate surface area is 168 Å². The molecule has 0 spiro atoms. The van der Waals surface area contributed by atoms with E-state index in [2.05, 4.69) is 20.3 Å². The molecule has 2 aromatic rings. The van der Waals surface area contributed by atoms with E-state index >= 15 is 0 Å². The molecule has 0 aromatic carbocycles. The van der Waals surface area contributed by atoms with Gasteiger partial charge in [0.05, 0.1) is 16.6 Å². The Hall–Kier alpha value is -2.68. The summed E-state index contributed by atoms with van der Waals surface area (Å²) in [6.07, 6.45) is 1.16. The van der Waals surface area contributed by atoms with Crippen LogP contribution in [0, 0.1) is 0 Å². The minimum Gasteiger partial charge on any atom is -0.444 e. The SMILES string of the molecule is CC(=O)Nc1nc(N2CC(N(C)C(=O)OC(C)(C)C)C2)c2ncc(Cl)cc2n1. The lowest BCUT2D eigenvalue weighted by atomic mass is 10.1. The first kappa shape index (κ1) is 20.1. The summed E-state index contributed by atoms with van der Waals surface area (Å²) in [5, 5.41) is 3.04. The number of hydrogen-bond donors (Lipinski definition) is 1. The number of amides is 2. The van der Waals surface area contributed by atoms with Gasteiger partial charge in [0.25, 0.3) is 0 Å². The Bertz CT molecular complexity index is 923. The predicted octanol–water partition coefficient (Wildman–Crippen LogP) is 2.69. The van der Waals surface area contributed by atoms with Crippen molar-refractivity contribution in [3.8, 4) is 0 Å². The maximum Gasteiger partial charge on any atom is 0.410 e. The number of carbonyl (C=O) groups excluding carboxylic acids is 2. The van der Waals surface area contributed by atoms with Crippen molar-refractivity contribution in [3.63, 3.8) is 0 Å². The van der Waals surface area contributed by atoms with Crippen LogP contribution in [-0.2, 0) is 9.53 Å². The van der Waals surface area contributed by atoms with E-state index < -0.39 is 5.60 Å². The molecule has 2 aromatic heterocycles. The molecule has 0 unspecified atom stereocenters. The molecule has 3 rings (SSSR count). The van der Waals surface area contributed by atoms with Crippen molar-refractivity contribution in [1.29, 1.82) is 0 Å². The second-order valence-corrected chi connectivity index (χ2v) is 8.16. The molecule has 1 N–H and O–H groups in total. The Morgan fingerprint density at radius 2 is 2.00 bits per heavy atom. The Balaban J connectivity index is 1.81. The van der Waals surface area contributed by atoms with Crippen molar-refractivity contribution >= 4 is 46.4 Å². The fourth-order valence-corrected chi connectivity index (χ4v) is 2.92. The summed E-state index contributed by atoms with van der Waals surface area (Å²) in [5.74, 6) is 0.494. The first-order valence-corrected chi connectivity index (χ1v) is 9.23. The zero-order chi connectivity index (χ0) is 20.6. The molecule has 1 aliphatic rings. The molecule has 10 heteroatoms. The minimum atomic E-state index is -0.548. The molecule has 0 saturated carbocycles. The summed E-state index contributed by atoms with van der Waals surface area (Å²) in [4.78, 5) is 40.3. The van der Waals surface area contributed by atoms with Crippen LogP contribution in [0.1, 0.15) is 27.7 Å². The number of rotatable bonds is 3. The van der Waals surface area contributed by atoms with Gasteiger partial charge in [0.15, 0.2) is 5.82 Å². The van der Waals surface area contributed by atoms with Gasteiger partial charge in [0, 0.05) is 33.3 Å². The molecule has 0 atom stereocenters. The molecule has 1 aliphatic heterocycles. The van der Waals surface area contributed by atoms with Crippen molar-refractivity contribution in [2.75, 3.05) is 30.4 Å². The number of ether oxygens (including phenoxy) is 1. The third kappa shape index (κ3) is 4.41. The van der Waals surface area contributed by atoms with E-state index in [0.717, 1.165) is 0 Å². The van der Waals surface area contributed by atoms with Crippen LogP contribution in [0.5, 0.6) is 0 Å². The Kier molecular flexibility index (Phi) is 5.29. The van der Waals surface area contributed by atoms with Crippen LogP contribution in [-0.4, -0.2) is 63.6 Å². The van der Waals surface area contributed by atoms with Gasteiger partial charge in [-0.3, -0.25) is 10.1 Å². The standard InChI is InChI=1S/C18H23ClN6O3/c1-10(26)21-16-22-13-6-11(19)7-20-14(13)15(23-16)25-8-12(9-25)24(5)17(27)28-18(2,3)4/h6-7,12H,8-9H2,1-5H3,(H,21,22,23,26). The van der Waals surface area contributed by atoms with Gasteiger partial charge < -0.3 is 14.5 Å². The summed E-state index contributed by atoms with van der Waals surface area (Å²) >= 11 is 6.03. The summed E-state index contributed by atoms with van der Waals surface area (Å²) < 4.78 is 5.41. The molecular formula is C18H23ClN6O3. The fourth-order valence-electron chi connectivity index (χ4n) is 2.77. The lowest BCUT2D eigenvalue weighted by Crippen LogP contribution is -2.60. The number of carbonyl (C=O) groups is 2. The predicted molar refractivity (Wildman–Crippen MR) is 107 cm³/mol. The number of likely N-dealkylation sites (N-methyl/N-ethyl adjacent to an activating group) is 1. The maximum atomic E-state index is 12.2. The van der Waals surface area contributed by atoms with E-state index in [4.69, 9.17) is 16.3 Å². The highest BCUT2D eigenvalue weighted by atomic mass is 35.5. The molecule has 1 saturated heterocycles. The van der Waals surface area contributed by atoms with Crippen LogP contribution in [0.15, 0.2) is 12.3 Å². The molecular weight excluding hydrogens is 384 g/mol. The average Bonchev–Trinajstić information content (AvgIpc) is 2.50. The highest BCUT2D eigenvalue weighted by molar-refractivity contribution is 6.31. The monoisotopic (exact) mass is 406 g/mol. The summed E-state index contributed by atoms with van der Waals surface area (Å²) in [5.41, 5.74) is 0.565. The molecule has 1 fully saturated rings. The summed E-state index contributed by atoms with van der Waals surface area (Å²) in [6, 6.07) is 1.65. The smallest absolute Gasteiger partial charge is 0.410 e. The average molecular weight is 407 g/mol. The van der Waals surface area contributed by atoms with Gasteiger partial charge >= 0.3 is 6.09 Å². The third-order valence-corrected chi connectivity index (χ3v) is 4.37. The molecule has 3 heterocycles. The number of aromatic nitrogens is 3. The van der Waals surface area contributed by atoms with E-state index in [-0.39, 0.29) is 24.0 Å². The topological polar surface area (TPSA) is 101 Å². The lowest BCUT2D eigenvalue weighted by molar-refractivity contribution is -0.114. The quantitative estimate of drug-likeness (QED) is 0.836. The van der Waals surface area contributed by atoms with Gasteiger partial charge in [-0.15, -0.1) is 0 Å². The number of hydrogen-bond acceptors (Lipinski definition) is 7. The van der Waals surface area contributed by atoms with E-state index in [1.165, 1.54) is 13.1 Å². The molecule has 150 valence electrons. The second-order valence-electron chi connectivity index (χ2n) is 7.72. The van der Waals surface area contributed by atoms with Crippen molar-refractivity contribution in [2.45, 2.75) is 39.3 Å². The number of fused-ring (bicyclic) bond motifs is 1. The third-order valence-electron chi connectivity index (χ3n) is 4.16. The van der Waals surface area contributed by atoms with E-state index in [9.17, 15) is 9.59 Å². The fraction of sp³-hybridized carbons (Fsp3) is 0.500. The molecule has 0 bridgehead atoms. The first-order valence-electron chi connectivity index (χ1n) is 8.85. The Morgan fingerprint density at radius 3 is 2.61 bits per heavy atom. The van der Waals surface area contributed by atoms with Crippen LogP contribution in [0.3, 0.4) is 0 Å². The van der Waals surface area contributed by atoms with E-state index in [1.54, 1.807) is 18.0 Å². The number of nitrogens with zero attached hydrogens (tertiary/aromatic N) is 5. The Morgan fingerprint density at radius 1 is 1.32 bits per heavy atom. The largest absolute Gasteiger partial charge is 0.444 e. The number of halogens is 1. The molecule has 2 amide bonds. The van der Waals surface area contributed by atoms with Crippen molar-refractivity contribution in [1.82, 2.24) is 19.9 Å². The van der Waals surface area contributed by atoms with Gasteiger partial charge in [0.1, 0.15) is 11.1 Å². The van der Waals surface area contributed by atoms with Gasteiger partial charge in [-0.05, 0) is 26.8 Å². The zero-order valence-electron chi connectivity index (χ0n) is 16.5. The highest BCUT2D eigenvalue weighted by Crippen LogP contribution is 2.30.